The number of rotatable bonds is 6. The van der Waals surface area contributed by atoms with Crippen molar-refractivity contribution in [1.82, 2.24) is 15.6 Å². The van der Waals surface area contributed by atoms with Gasteiger partial charge in [0, 0.05) is 17.6 Å². The molecule has 0 spiro atoms. The second-order valence-corrected chi connectivity index (χ2v) is 6.23. The molecule has 2 rings (SSSR count). The first-order valence-corrected chi connectivity index (χ1v) is 8.80. The SMILES string of the molecule is CCNC(=O)NC(=O)C(C)OC(=O)c1cccnc1Sc1ccccc1. The number of carbonyl (C=O) groups is 3. The van der Waals surface area contributed by atoms with Crippen molar-refractivity contribution in [1.29, 1.82) is 0 Å². The number of pyridine rings is 1. The zero-order chi connectivity index (χ0) is 18.9. The van der Waals surface area contributed by atoms with Gasteiger partial charge in [-0.2, -0.15) is 0 Å². The minimum Gasteiger partial charge on any atom is -0.449 e. The summed E-state index contributed by atoms with van der Waals surface area (Å²) in [5.41, 5.74) is 0.249. The van der Waals surface area contributed by atoms with Crippen LogP contribution in [0.15, 0.2) is 58.6 Å². The predicted molar refractivity (Wildman–Crippen MR) is 96.9 cm³/mol. The second kappa shape index (κ2) is 9.57. The summed E-state index contributed by atoms with van der Waals surface area (Å²) < 4.78 is 5.17. The second-order valence-electron chi connectivity index (χ2n) is 5.17. The average Bonchev–Trinajstić information content (AvgIpc) is 2.63. The van der Waals surface area contributed by atoms with E-state index in [-0.39, 0.29) is 5.56 Å². The van der Waals surface area contributed by atoms with Crippen LogP contribution in [0.1, 0.15) is 24.2 Å². The van der Waals surface area contributed by atoms with Crippen molar-refractivity contribution in [3.8, 4) is 0 Å². The molecule has 3 amide bonds. The molecule has 0 saturated heterocycles. The van der Waals surface area contributed by atoms with Gasteiger partial charge in [0.2, 0.25) is 0 Å². The molecule has 0 aliphatic heterocycles. The van der Waals surface area contributed by atoms with Crippen LogP contribution in [-0.2, 0) is 9.53 Å². The van der Waals surface area contributed by atoms with Crippen molar-refractivity contribution in [2.75, 3.05) is 6.54 Å². The fraction of sp³-hybridized carbons (Fsp3) is 0.222. The van der Waals surface area contributed by atoms with E-state index in [1.165, 1.54) is 18.7 Å². The Morgan fingerprint density at radius 2 is 1.88 bits per heavy atom. The zero-order valence-corrected chi connectivity index (χ0v) is 15.2. The lowest BCUT2D eigenvalue weighted by molar-refractivity contribution is -0.127. The molecule has 1 unspecified atom stereocenters. The number of benzene rings is 1. The summed E-state index contributed by atoms with van der Waals surface area (Å²) in [6.45, 7) is 3.50. The van der Waals surface area contributed by atoms with Gasteiger partial charge in [-0.05, 0) is 38.1 Å². The molecule has 0 fully saturated rings. The van der Waals surface area contributed by atoms with Gasteiger partial charge in [-0.25, -0.2) is 14.6 Å². The first kappa shape index (κ1) is 19.5. The summed E-state index contributed by atoms with van der Waals surface area (Å²) in [6.07, 6.45) is 0.452. The van der Waals surface area contributed by atoms with Gasteiger partial charge in [0.25, 0.3) is 5.91 Å². The summed E-state index contributed by atoms with van der Waals surface area (Å²) in [4.78, 5) is 40.8. The summed E-state index contributed by atoms with van der Waals surface area (Å²) in [5, 5.41) is 5.01. The molecular weight excluding hydrogens is 354 g/mol. The van der Waals surface area contributed by atoms with E-state index in [1.54, 1.807) is 25.3 Å². The first-order valence-electron chi connectivity index (χ1n) is 7.98. The number of carbonyl (C=O) groups excluding carboxylic acids is 3. The van der Waals surface area contributed by atoms with Crippen molar-refractivity contribution in [3.63, 3.8) is 0 Å². The van der Waals surface area contributed by atoms with Crippen LogP contribution >= 0.6 is 11.8 Å². The van der Waals surface area contributed by atoms with E-state index in [0.29, 0.717) is 11.6 Å². The third-order valence-corrected chi connectivity index (χ3v) is 4.20. The molecule has 7 nitrogen and oxygen atoms in total. The Labute approximate surface area is 155 Å². The van der Waals surface area contributed by atoms with Crippen molar-refractivity contribution in [2.24, 2.45) is 0 Å². The molecular formula is C18H19N3O4S. The molecule has 26 heavy (non-hydrogen) atoms. The number of aromatic nitrogens is 1. The van der Waals surface area contributed by atoms with E-state index >= 15 is 0 Å². The maximum atomic E-state index is 12.4. The van der Waals surface area contributed by atoms with Crippen molar-refractivity contribution < 1.29 is 19.1 Å². The quantitative estimate of drug-likeness (QED) is 0.756. The van der Waals surface area contributed by atoms with E-state index in [9.17, 15) is 14.4 Å². The Bertz CT molecular complexity index is 783. The van der Waals surface area contributed by atoms with Crippen LogP contribution in [0.25, 0.3) is 0 Å². The van der Waals surface area contributed by atoms with E-state index in [2.05, 4.69) is 15.6 Å². The van der Waals surface area contributed by atoms with Crippen LogP contribution < -0.4 is 10.6 Å². The molecule has 8 heteroatoms. The van der Waals surface area contributed by atoms with Gasteiger partial charge in [0.1, 0.15) is 5.03 Å². The number of ether oxygens (including phenoxy) is 1. The molecule has 0 aliphatic carbocycles. The molecule has 1 aromatic heterocycles. The molecule has 0 bridgehead atoms. The topological polar surface area (TPSA) is 97.4 Å². The molecule has 0 aliphatic rings. The number of hydrogen-bond acceptors (Lipinski definition) is 6. The van der Waals surface area contributed by atoms with E-state index in [0.717, 1.165) is 4.90 Å². The predicted octanol–water partition coefficient (Wildman–Crippen LogP) is 2.62. The van der Waals surface area contributed by atoms with Gasteiger partial charge in [0.05, 0.1) is 5.56 Å². The lowest BCUT2D eigenvalue weighted by atomic mass is 10.3. The highest BCUT2D eigenvalue weighted by molar-refractivity contribution is 7.99. The van der Waals surface area contributed by atoms with Gasteiger partial charge in [-0.1, -0.05) is 30.0 Å². The molecule has 136 valence electrons. The van der Waals surface area contributed by atoms with Crippen molar-refractivity contribution in [2.45, 2.75) is 29.9 Å². The van der Waals surface area contributed by atoms with Gasteiger partial charge in [-0.3, -0.25) is 10.1 Å². The smallest absolute Gasteiger partial charge is 0.341 e. The minimum absolute atomic E-state index is 0.249. The van der Waals surface area contributed by atoms with Crippen LogP contribution in [-0.4, -0.2) is 35.5 Å². The van der Waals surface area contributed by atoms with Crippen molar-refractivity contribution in [3.05, 3.63) is 54.2 Å². The fourth-order valence-corrected chi connectivity index (χ4v) is 2.81. The van der Waals surface area contributed by atoms with Crippen LogP contribution in [0.4, 0.5) is 4.79 Å². The standard InChI is InChI=1S/C18H19N3O4S/c1-3-19-18(24)21-15(22)12(2)25-17(23)14-10-7-11-20-16(14)26-13-8-5-4-6-9-13/h4-12H,3H2,1-2H3,(H2,19,21,22,24). The van der Waals surface area contributed by atoms with Gasteiger partial charge >= 0.3 is 12.0 Å². The highest BCUT2D eigenvalue weighted by Crippen LogP contribution is 2.28. The number of esters is 1. The number of nitrogens with one attached hydrogen (secondary N) is 2. The van der Waals surface area contributed by atoms with E-state index in [1.807, 2.05) is 30.3 Å². The Balaban J connectivity index is 2.05. The molecule has 1 aromatic carbocycles. The van der Waals surface area contributed by atoms with Crippen LogP contribution in [0.2, 0.25) is 0 Å². The number of amides is 3. The molecule has 2 aromatic rings. The molecule has 1 heterocycles. The van der Waals surface area contributed by atoms with Gasteiger partial charge in [-0.15, -0.1) is 0 Å². The summed E-state index contributed by atoms with van der Waals surface area (Å²) in [7, 11) is 0. The zero-order valence-electron chi connectivity index (χ0n) is 14.4. The normalized spacial score (nSPS) is 11.3. The molecule has 0 radical (unpaired) electrons. The fourth-order valence-electron chi connectivity index (χ4n) is 1.92. The molecule has 2 N–H and O–H groups in total. The Kier molecular flexibility index (Phi) is 7.16. The maximum Gasteiger partial charge on any atom is 0.341 e. The van der Waals surface area contributed by atoms with E-state index < -0.39 is 24.0 Å². The Morgan fingerprint density at radius 1 is 1.15 bits per heavy atom. The van der Waals surface area contributed by atoms with Crippen LogP contribution in [0.3, 0.4) is 0 Å². The summed E-state index contributed by atoms with van der Waals surface area (Å²) >= 11 is 1.32. The number of hydrogen-bond donors (Lipinski definition) is 2. The van der Waals surface area contributed by atoms with Gasteiger partial charge in [0.15, 0.2) is 6.10 Å². The minimum atomic E-state index is -1.13. The average molecular weight is 373 g/mol. The Morgan fingerprint density at radius 3 is 2.58 bits per heavy atom. The molecule has 1 atom stereocenters. The number of imide groups is 1. The number of nitrogens with zero attached hydrogens (tertiary/aromatic N) is 1. The number of urea groups is 1. The first-order chi connectivity index (χ1) is 12.5. The molecule has 0 saturated carbocycles. The third-order valence-electron chi connectivity index (χ3n) is 3.18. The summed E-state index contributed by atoms with van der Waals surface area (Å²) in [6, 6.07) is 12.0. The highest BCUT2D eigenvalue weighted by atomic mass is 32.2. The Hall–Kier alpha value is -2.87. The van der Waals surface area contributed by atoms with Gasteiger partial charge < -0.3 is 10.1 Å². The van der Waals surface area contributed by atoms with Crippen LogP contribution in [0, 0.1) is 0 Å². The van der Waals surface area contributed by atoms with Crippen molar-refractivity contribution >= 4 is 29.7 Å². The third kappa shape index (κ3) is 5.59. The largest absolute Gasteiger partial charge is 0.449 e. The van der Waals surface area contributed by atoms with E-state index in [4.69, 9.17) is 4.74 Å². The summed E-state index contributed by atoms with van der Waals surface area (Å²) in [5.74, 6) is -1.39. The lowest BCUT2D eigenvalue weighted by Crippen LogP contribution is -2.44. The van der Waals surface area contributed by atoms with Crippen LogP contribution in [0.5, 0.6) is 0 Å². The maximum absolute atomic E-state index is 12.4. The monoisotopic (exact) mass is 373 g/mol. The lowest BCUT2D eigenvalue weighted by Gasteiger charge is -2.14. The highest BCUT2D eigenvalue weighted by Gasteiger charge is 2.22.